The number of fused-ring (bicyclic) bond motifs is 1. The molecule has 1 unspecified atom stereocenters. The zero-order valence-electron chi connectivity index (χ0n) is 13.2. The third-order valence-electron chi connectivity index (χ3n) is 4.12. The minimum Gasteiger partial charge on any atom is -0.508 e. The Hall–Kier alpha value is -2.38. The number of hydrogen-bond donors (Lipinski definition) is 2. The molecule has 122 valence electrons. The molecule has 1 aliphatic rings. The molecule has 1 amide bonds. The molecule has 23 heavy (non-hydrogen) atoms. The normalized spacial score (nSPS) is 17.1. The Bertz CT molecular complexity index is 707. The third-order valence-corrected chi connectivity index (χ3v) is 4.12. The van der Waals surface area contributed by atoms with Crippen molar-refractivity contribution in [2.24, 2.45) is 0 Å². The number of carbonyl (C=O) groups excluding carboxylic acids is 1. The summed E-state index contributed by atoms with van der Waals surface area (Å²) in [6.07, 6.45) is -0.521. The second-order valence-corrected chi connectivity index (χ2v) is 5.46. The highest BCUT2D eigenvalue weighted by Gasteiger charge is 2.42. The molecule has 2 N–H and O–H groups in total. The molecule has 0 spiro atoms. The number of rotatable bonds is 5. The molecule has 7 heteroatoms. The maximum absolute atomic E-state index is 12.7. The van der Waals surface area contributed by atoms with E-state index in [1.54, 1.807) is 29.2 Å². The molecule has 0 fully saturated rings. The SMILES string of the molecule is COC(CN1C(=O)c2n[nH]c(C)c2C1c1ccc(O)cc1)OC. The number of hydrogen-bond acceptors (Lipinski definition) is 5. The second kappa shape index (κ2) is 6.02. The van der Waals surface area contributed by atoms with E-state index in [9.17, 15) is 9.90 Å². The summed E-state index contributed by atoms with van der Waals surface area (Å²) in [6.45, 7) is 2.17. The van der Waals surface area contributed by atoms with Crippen LogP contribution >= 0.6 is 0 Å². The van der Waals surface area contributed by atoms with Gasteiger partial charge in [0, 0.05) is 25.5 Å². The van der Waals surface area contributed by atoms with Crippen molar-refractivity contribution in [2.75, 3.05) is 20.8 Å². The molecular weight excluding hydrogens is 298 g/mol. The zero-order valence-corrected chi connectivity index (χ0v) is 13.2. The molecular formula is C16H19N3O4. The molecule has 2 heterocycles. The molecule has 1 aromatic carbocycles. The predicted octanol–water partition coefficient (Wildman–Crippen LogP) is 1.59. The lowest BCUT2D eigenvalue weighted by molar-refractivity contribution is -0.113. The van der Waals surface area contributed by atoms with Crippen molar-refractivity contribution in [2.45, 2.75) is 19.3 Å². The number of nitrogens with one attached hydrogen (secondary N) is 1. The van der Waals surface area contributed by atoms with Crippen LogP contribution in [0.25, 0.3) is 0 Å². The van der Waals surface area contributed by atoms with Crippen molar-refractivity contribution >= 4 is 5.91 Å². The molecule has 0 saturated heterocycles. The Kier molecular flexibility index (Phi) is 4.06. The molecule has 1 aromatic heterocycles. The maximum atomic E-state index is 12.7. The van der Waals surface area contributed by atoms with Crippen LogP contribution in [0, 0.1) is 6.92 Å². The van der Waals surface area contributed by atoms with E-state index < -0.39 is 6.29 Å². The maximum Gasteiger partial charge on any atom is 0.275 e. The third kappa shape index (κ3) is 2.58. The van der Waals surface area contributed by atoms with Crippen LogP contribution in [-0.2, 0) is 9.47 Å². The minimum atomic E-state index is -0.521. The fraction of sp³-hybridized carbons (Fsp3) is 0.375. The van der Waals surface area contributed by atoms with Crippen LogP contribution in [0.3, 0.4) is 0 Å². The van der Waals surface area contributed by atoms with Gasteiger partial charge in [-0.3, -0.25) is 9.89 Å². The lowest BCUT2D eigenvalue weighted by Crippen LogP contribution is -2.38. The lowest BCUT2D eigenvalue weighted by atomic mass is 9.99. The first-order chi connectivity index (χ1) is 11.1. The van der Waals surface area contributed by atoms with Crippen LogP contribution in [0.15, 0.2) is 24.3 Å². The molecule has 0 bridgehead atoms. The predicted molar refractivity (Wildman–Crippen MR) is 82.1 cm³/mol. The largest absolute Gasteiger partial charge is 0.508 e. The van der Waals surface area contributed by atoms with Crippen molar-refractivity contribution in [1.82, 2.24) is 15.1 Å². The Morgan fingerprint density at radius 3 is 2.57 bits per heavy atom. The van der Waals surface area contributed by atoms with Gasteiger partial charge in [0.25, 0.3) is 5.91 Å². The number of benzene rings is 1. The van der Waals surface area contributed by atoms with Crippen molar-refractivity contribution in [3.63, 3.8) is 0 Å². The summed E-state index contributed by atoms with van der Waals surface area (Å²) in [4.78, 5) is 14.4. The number of phenols is 1. The number of H-pyrrole nitrogens is 1. The molecule has 0 saturated carbocycles. The average molecular weight is 317 g/mol. The van der Waals surface area contributed by atoms with Crippen molar-refractivity contribution in [3.8, 4) is 5.75 Å². The summed E-state index contributed by atoms with van der Waals surface area (Å²) in [6, 6.07) is 6.53. The Labute approximate surface area is 133 Å². The highest BCUT2D eigenvalue weighted by Crippen LogP contribution is 2.39. The van der Waals surface area contributed by atoms with Gasteiger partial charge in [-0.2, -0.15) is 5.10 Å². The Morgan fingerprint density at radius 2 is 1.96 bits per heavy atom. The first-order valence-electron chi connectivity index (χ1n) is 7.27. The highest BCUT2D eigenvalue weighted by atomic mass is 16.7. The van der Waals surface area contributed by atoms with E-state index in [0.29, 0.717) is 5.69 Å². The number of methoxy groups -OCH3 is 2. The molecule has 1 atom stereocenters. The van der Waals surface area contributed by atoms with Gasteiger partial charge in [-0.25, -0.2) is 0 Å². The number of aromatic nitrogens is 2. The van der Waals surface area contributed by atoms with Crippen molar-refractivity contribution in [3.05, 3.63) is 46.8 Å². The molecule has 0 aliphatic carbocycles. The number of carbonyl (C=O) groups is 1. The van der Waals surface area contributed by atoms with Gasteiger partial charge in [-0.05, 0) is 24.6 Å². The van der Waals surface area contributed by atoms with E-state index in [2.05, 4.69) is 10.2 Å². The summed E-state index contributed by atoms with van der Waals surface area (Å²) >= 11 is 0. The fourth-order valence-corrected chi connectivity index (χ4v) is 2.94. The summed E-state index contributed by atoms with van der Waals surface area (Å²) in [7, 11) is 3.07. The number of ether oxygens (including phenoxy) is 2. The van der Waals surface area contributed by atoms with Gasteiger partial charge in [0.2, 0.25) is 0 Å². The summed E-state index contributed by atoms with van der Waals surface area (Å²) in [5, 5.41) is 16.5. The lowest BCUT2D eigenvalue weighted by Gasteiger charge is -2.28. The van der Waals surface area contributed by atoms with Gasteiger partial charge in [0.15, 0.2) is 12.0 Å². The molecule has 0 radical (unpaired) electrons. The van der Waals surface area contributed by atoms with E-state index in [-0.39, 0.29) is 24.2 Å². The Morgan fingerprint density at radius 1 is 1.30 bits per heavy atom. The zero-order chi connectivity index (χ0) is 16.6. The van der Waals surface area contributed by atoms with E-state index in [1.165, 1.54) is 14.2 Å². The van der Waals surface area contributed by atoms with E-state index in [1.807, 2.05) is 6.92 Å². The van der Waals surface area contributed by atoms with Gasteiger partial charge in [-0.15, -0.1) is 0 Å². The Balaban J connectivity index is 2.04. The summed E-state index contributed by atoms with van der Waals surface area (Å²) in [5.41, 5.74) is 3.02. The van der Waals surface area contributed by atoms with E-state index in [4.69, 9.17) is 9.47 Å². The smallest absolute Gasteiger partial charge is 0.275 e. The second-order valence-electron chi connectivity index (χ2n) is 5.46. The van der Waals surface area contributed by atoms with Gasteiger partial charge >= 0.3 is 0 Å². The van der Waals surface area contributed by atoms with Gasteiger partial charge in [-0.1, -0.05) is 12.1 Å². The standard InChI is InChI=1S/C16H19N3O4/c1-9-13-14(18-17-9)16(21)19(8-12(22-2)23-3)15(13)10-4-6-11(20)7-5-10/h4-7,12,15,20H,8H2,1-3H3,(H,17,18). The van der Waals surface area contributed by atoms with Crippen LogP contribution in [0.2, 0.25) is 0 Å². The molecule has 2 aromatic rings. The first kappa shape index (κ1) is 15.5. The summed E-state index contributed by atoms with van der Waals surface area (Å²) < 4.78 is 10.5. The minimum absolute atomic E-state index is 0.165. The number of aromatic amines is 1. The van der Waals surface area contributed by atoms with Gasteiger partial charge in [0.1, 0.15) is 5.75 Å². The van der Waals surface area contributed by atoms with Crippen LogP contribution in [-0.4, -0.2) is 53.2 Å². The van der Waals surface area contributed by atoms with Gasteiger partial charge in [0.05, 0.1) is 12.6 Å². The highest BCUT2D eigenvalue weighted by molar-refractivity contribution is 5.98. The number of aromatic hydroxyl groups is 1. The first-order valence-corrected chi connectivity index (χ1v) is 7.27. The van der Waals surface area contributed by atoms with E-state index in [0.717, 1.165) is 16.8 Å². The van der Waals surface area contributed by atoms with Crippen molar-refractivity contribution < 1.29 is 19.4 Å². The van der Waals surface area contributed by atoms with Crippen LogP contribution < -0.4 is 0 Å². The quantitative estimate of drug-likeness (QED) is 0.818. The van der Waals surface area contributed by atoms with Crippen molar-refractivity contribution in [1.29, 1.82) is 0 Å². The van der Waals surface area contributed by atoms with Crippen LogP contribution in [0.5, 0.6) is 5.75 Å². The fourth-order valence-electron chi connectivity index (χ4n) is 2.94. The molecule has 3 rings (SSSR count). The van der Waals surface area contributed by atoms with Crippen LogP contribution in [0.1, 0.15) is 33.4 Å². The number of phenolic OH excluding ortho intramolecular Hbond substituents is 1. The number of amides is 1. The topological polar surface area (TPSA) is 87.7 Å². The van der Waals surface area contributed by atoms with Crippen LogP contribution in [0.4, 0.5) is 0 Å². The molecule has 1 aliphatic heterocycles. The number of nitrogens with zero attached hydrogens (tertiary/aromatic N) is 2. The number of aryl methyl sites for hydroxylation is 1. The van der Waals surface area contributed by atoms with Gasteiger partial charge < -0.3 is 19.5 Å². The monoisotopic (exact) mass is 317 g/mol. The van der Waals surface area contributed by atoms with E-state index >= 15 is 0 Å². The molecule has 7 nitrogen and oxygen atoms in total. The average Bonchev–Trinajstić information content (AvgIpc) is 3.05. The summed E-state index contributed by atoms with van der Waals surface area (Å²) in [5.74, 6) is 0.0157.